The fourth-order valence-electron chi connectivity index (χ4n) is 0.852. The molecule has 0 saturated heterocycles. The molecule has 1 rings (SSSR count). The first-order valence-corrected chi connectivity index (χ1v) is 5.39. The lowest BCUT2D eigenvalue weighted by molar-refractivity contribution is 1.19. The van der Waals surface area contributed by atoms with E-state index in [-0.39, 0.29) is 0 Å². The van der Waals surface area contributed by atoms with Gasteiger partial charge in [0.1, 0.15) is 0 Å². The summed E-state index contributed by atoms with van der Waals surface area (Å²) < 4.78 is 0. The van der Waals surface area contributed by atoms with E-state index >= 15 is 0 Å². The van der Waals surface area contributed by atoms with Gasteiger partial charge >= 0.3 is 0 Å². The van der Waals surface area contributed by atoms with Crippen molar-refractivity contribution in [2.24, 2.45) is 0 Å². The van der Waals surface area contributed by atoms with Crippen molar-refractivity contribution in [1.29, 1.82) is 0 Å². The summed E-state index contributed by atoms with van der Waals surface area (Å²) in [6.07, 6.45) is 5.88. The second-order valence-corrected chi connectivity index (χ2v) is 2.18. The molecule has 1 heterocycles. The van der Waals surface area contributed by atoms with Crippen LogP contribution in [-0.2, 0) is 0 Å². The number of hydrogen-bond acceptors (Lipinski definition) is 1. The Morgan fingerprint density at radius 2 is 1.71 bits per heavy atom. The third-order valence-electron chi connectivity index (χ3n) is 1.39. The highest BCUT2D eigenvalue weighted by molar-refractivity contribution is 5.50. The maximum Gasteiger partial charge on any atom is 0.0444 e. The van der Waals surface area contributed by atoms with Gasteiger partial charge in [0.2, 0.25) is 0 Å². The normalized spacial score (nSPS) is 8.43. The lowest BCUT2D eigenvalue weighted by Gasteiger charge is -1.95. The third-order valence-corrected chi connectivity index (χ3v) is 1.39. The van der Waals surface area contributed by atoms with E-state index in [1.54, 1.807) is 0 Å². The molecule has 0 fully saturated rings. The van der Waals surface area contributed by atoms with Crippen LogP contribution in [0, 0.1) is 6.92 Å². The molecule has 0 amide bonds. The highest BCUT2D eigenvalue weighted by Gasteiger charge is 1.89. The van der Waals surface area contributed by atoms with Crippen molar-refractivity contribution in [3.05, 3.63) is 35.7 Å². The fourth-order valence-corrected chi connectivity index (χ4v) is 0.852. The summed E-state index contributed by atoms with van der Waals surface area (Å²) in [7, 11) is 0. The Labute approximate surface area is 88.9 Å². The first-order valence-electron chi connectivity index (χ1n) is 5.39. The SMILES string of the molecule is C/C=C\c1cccnc1C.CC.CC. The summed E-state index contributed by atoms with van der Waals surface area (Å²) in [4.78, 5) is 4.15. The Morgan fingerprint density at radius 1 is 1.14 bits per heavy atom. The van der Waals surface area contributed by atoms with Crippen LogP contribution >= 0.6 is 0 Å². The monoisotopic (exact) mass is 193 g/mol. The van der Waals surface area contributed by atoms with E-state index in [1.165, 1.54) is 5.56 Å². The summed E-state index contributed by atoms with van der Waals surface area (Å²) in [5.74, 6) is 0. The Kier molecular flexibility index (Phi) is 13.1. The van der Waals surface area contributed by atoms with Crippen LogP contribution in [0.4, 0.5) is 0 Å². The molecule has 80 valence electrons. The summed E-state index contributed by atoms with van der Waals surface area (Å²) in [6.45, 7) is 12.0. The first-order chi connectivity index (χ1) is 6.84. The van der Waals surface area contributed by atoms with Gasteiger partial charge in [-0.15, -0.1) is 0 Å². The molecule has 1 aromatic rings. The van der Waals surface area contributed by atoms with Crippen LogP contribution in [0.15, 0.2) is 24.4 Å². The minimum atomic E-state index is 1.08. The molecular formula is C13H23N. The molecular weight excluding hydrogens is 170 g/mol. The van der Waals surface area contributed by atoms with Gasteiger partial charge in [0, 0.05) is 11.9 Å². The van der Waals surface area contributed by atoms with E-state index in [0.29, 0.717) is 0 Å². The molecule has 0 bridgehead atoms. The van der Waals surface area contributed by atoms with Crippen molar-refractivity contribution in [2.75, 3.05) is 0 Å². The molecule has 0 atom stereocenters. The van der Waals surface area contributed by atoms with Crippen LogP contribution in [-0.4, -0.2) is 4.98 Å². The molecule has 0 aliphatic rings. The summed E-state index contributed by atoms with van der Waals surface area (Å²) in [6, 6.07) is 4.00. The smallest absolute Gasteiger partial charge is 0.0444 e. The maximum absolute atomic E-state index is 4.15. The number of nitrogens with zero attached hydrogens (tertiary/aromatic N) is 1. The summed E-state index contributed by atoms with van der Waals surface area (Å²) >= 11 is 0. The van der Waals surface area contributed by atoms with E-state index in [1.807, 2.05) is 59.9 Å². The minimum Gasteiger partial charge on any atom is -0.261 e. The number of hydrogen-bond donors (Lipinski definition) is 0. The highest BCUT2D eigenvalue weighted by atomic mass is 14.7. The van der Waals surface area contributed by atoms with Crippen molar-refractivity contribution < 1.29 is 0 Å². The van der Waals surface area contributed by atoms with Gasteiger partial charge in [0.05, 0.1) is 0 Å². The van der Waals surface area contributed by atoms with Crippen molar-refractivity contribution in [3.8, 4) is 0 Å². The Hall–Kier alpha value is -1.11. The topological polar surface area (TPSA) is 12.9 Å². The van der Waals surface area contributed by atoms with E-state index in [4.69, 9.17) is 0 Å². The van der Waals surface area contributed by atoms with Gasteiger partial charge in [-0.1, -0.05) is 45.9 Å². The second kappa shape index (κ2) is 11.9. The summed E-state index contributed by atoms with van der Waals surface area (Å²) in [5.41, 5.74) is 2.28. The predicted molar refractivity (Wildman–Crippen MR) is 66.4 cm³/mol. The predicted octanol–water partition coefficient (Wildman–Crippen LogP) is 4.48. The molecule has 0 N–H and O–H groups in total. The molecule has 1 heteroatoms. The van der Waals surface area contributed by atoms with Crippen molar-refractivity contribution in [1.82, 2.24) is 4.98 Å². The van der Waals surface area contributed by atoms with Gasteiger partial charge < -0.3 is 0 Å². The highest BCUT2D eigenvalue weighted by Crippen LogP contribution is 2.04. The quantitative estimate of drug-likeness (QED) is 0.641. The van der Waals surface area contributed by atoms with Crippen molar-refractivity contribution in [2.45, 2.75) is 41.5 Å². The number of pyridine rings is 1. The van der Waals surface area contributed by atoms with Crippen LogP contribution in [0.1, 0.15) is 45.9 Å². The van der Waals surface area contributed by atoms with Crippen LogP contribution < -0.4 is 0 Å². The van der Waals surface area contributed by atoms with E-state index in [0.717, 1.165) is 5.69 Å². The lowest BCUT2D eigenvalue weighted by Crippen LogP contribution is -1.82. The van der Waals surface area contributed by atoms with Gasteiger partial charge in [-0.05, 0) is 25.5 Å². The number of allylic oxidation sites excluding steroid dienone is 1. The van der Waals surface area contributed by atoms with E-state index in [9.17, 15) is 0 Å². The molecule has 14 heavy (non-hydrogen) atoms. The van der Waals surface area contributed by atoms with Gasteiger partial charge in [-0.3, -0.25) is 4.98 Å². The molecule has 0 spiro atoms. The van der Waals surface area contributed by atoms with Crippen LogP contribution in [0.3, 0.4) is 0 Å². The van der Waals surface area contributed by atoms with E-state index in [2.05, 4.69) is 17.1 Å². The maximum atomic E-state index is 4.15. The van der Waals surface area contributed by atoms with Gasteiger partial charge in [-0.25, -0.2) is 0 Å². The standard InChI is InChI=1S/C9H11N.2C2H6/c1-3-5-9-6-4-7-10-8(9)2;2*1-2/h3-7H,1-2H3;2*1-2H3/b5-3-;;. The average molecular weight is 193 g/mol. The Morgan fingerprint density at radius 3 is 2.14 bits per heavy atom. The molecule has 0 unspecified atom stereocenters. The zero-order valence-corrected chi connectivity index (χ0v) is 10.3. The van der Waals surface area contributed by atoms with Crippen LogP contribution in [0.2, 0.25) is 0 Å². The fraction of sp³-hybridized carbons (Fsp3) is 0.462. The Balaban J connectivity index is 0. The van der Waals surface area contributed by atoms with E-state index < -0.39 is 0 Å². The molecule has 0 saturated carbocycles. The number of aryl methyl sites for hydroxylation is 1. The van der Waals surface area contributed by atoms with Gasteiger partial charge in [-0.2, -0.15) is 0 Å². The molecule has 0 aliphatic carbocycles. The molecule has 1 nitrogen and oxygen atoms in total. The number of rotatable bonds is 1. The van der Waals surface area contributed by atoms with Crippen molar-refractivity contribution in [3.63, 3.8) is 0 Å². The summed E-state index contributed by atoms with van der Waals surface area (Å²) in [5, 5.41) is 0. The molecule has 0 radical (unpaired) electrons. The lowest BCUT2D eigenvalue weighted by atomic mass is 10.2. The van der Waals surface area contributed by atoms with Crippen LogP contribution in [0.25, 0.3) is 6.08 Å². The zero-order valence-electron chi connectivity index (χ0n) is 10.3. The third kappa shape index (κ3) is 6.41. The first kappa shape index (κ1) is 15.4. The van der Waals surface area contributed by atoms with Gasteiger partial charge in [0.25, 0.3) is 0 Å². The minimum absolute atomic E-state index is 1.08. The molecule has 1 aromatic heterocycles. The van der Waals surface area contributed by atoms with Crippen LogP contribution in [0.5, 0.6) is 0 Å². The van der Waals surface area contributed by atoms with Gasteiger partial charge in [0.15, 0.2) is 0 Å². The molecule has 0 aliphatic heterocycles. The largest absolute Gasteiger partial charge is 0.261 e. The Bertz CT molecular complexity index is 239. The molecule has 0 aromatic carbocycles. The van der Waals surface area contributed by atoms with Crippen molar-refractivity contribution >= 4 is 6.08 Å². The zero-order chi connectivity index (χ0) is 11.4. The average Bonchev–Trinajstić information content (AvgIpc) is 2.28. The second-order valence-electron chi connectivity index (χ2n) is 2.18. The number of aromatic nitrogens is 1.